The first kappa shape index (κ1) is 28.1. The van der Waals surface area contributed by atoms with Crippen LogP contribution in [0.4, 0.5) is 0 Å². The van der Waals surface area contributed by atoms with Crippen LogP contribution in [0.5, 0.6) is 11.5 Å². The number of aliphatic hydroxyl groups is 1. The van der Waals surface area contributed by atoms with Gasteiger partial charge in [0.05, 0.1) is 38.9 Å². The van der Waals surface area contributed by atoms with E-state index in [0.717, 1.165) is 24.1 Å². The molecule has 198 valence electrons. The molecular formula is C27H39N3O5S. The van der Waals surface area contributed by atoms with E-state index >= 15 is 0 Å². The maximum Gasteiger partial charge on any atom is 0.260 e. The molecule has 0 saturated heterocycles. The molecule has 0 bridgehead atoms. The number of aliphatic hydroxyl groups excluding tert-OH is 1. The minimum absolute atomic E-state index is 0.175. The molecule has 1 aromatic carbocycles. The minimum atomic E-state index is -0.607. The average molecular weight is 518 g/mol. The standard InChI is InChI=1S/C27H39N3O5S/c1-17(2)9-10-30(12-20(31)15-35-14-18(3)4)13-24-28-26(32)25-21(16-36-27(25)29-24)19-7-8-22(33-5)23(11-19)34-6/h7-8,11,16-18,20,31H,9-10,12-15H2,1-6H3,(H,28,29,32). The summed E-state index contributed by atoms with van der Waals surface area (Å²) < 4.78 is 16.4. The molecule has 0 amide bonds. The third-order valence-corrected chi connectivity index (χ3v) is 6.69. The number of aromatic amines is 1. The maximum atomic E-state index is 13.2. The predicted octanol–water partition coefficient (Wildman–Crippen LogP) is 4.55. The van der Waals surface area contributed by atoms with E-state index in [-0.39, 0.29) is 5.56 Å². The third kappa shape index (κ3) is 7.52. The first-order valence-electron chi connectivity index (χ1n) is 12.4. The van der Waals surface area contributed by atoms with Crippen LogP contribution in [-0.2, 0) is 11.3 Å². The Hall–Kier alpha value is -2.46. The molecule has 0 fully saturated rings. The summed E-state index contributed by atoms with van der Waals surface area (Å²) in [5, 5.41) is 13.0. The van der Waals surface area contributed by atoms with Crippen molar-refractivity contribution in [3.05, 3.63) is 39.8 Å². The Bertz CT molecular complexity index is 1170. The van der Waals surface area contributed by atoms with Crippen molar-refractivity contribution in [2.24, 2.45) is 11.8 Å². The first-order chi connectivity index (χ1) is 17.2. The molecule has 3 rings (SSSR count). The molecule has 9 heteroatoms. The van der Waals surface area contributed by atoms with E-state index in [2.05, 4.69) is 37.6 Å². The Morgan fingerprint density at radius 2 is 1.83 bits per heavy atom. The second kappa shape index (κ2) is 13.2. The molecule has 0 spiro atoms. The van der Waals surface area contributed by atoms with Crippen LogP contribution in [0.25, 0.3) is 21.3 Å². The number of rotatable bonds is 14. The smallest absolute Gasteiger partial charge is 0.260 e. The Morgan fingerprint density at radius 3 is 2.50 bits per heavy atom. The third-order valence-electron chi connectivity index (χ3n) is 5.81. The number of thiophene rings is 1. The molecule has 2 N–H and O–H groups in total. The van der Waals surface area contributed by atoms with Gasteiger partial charge in [0.15, 0.2) is 11.5 Å². The number of ether oxygens (including phenoxy) is 3. The summed E-state index contributed by atoms with van der Waals surface area (Å²) in [6.45, 7) is 11.1. The van der Waals surface area contributed by atoms with Crippen molar-refractivity contribution in [2.75, 3.05) is 40.5 Å². The zero-order valence-electron chi connectivity index (χ0n) is 22.2. The number of methoxy groups -OCH3 is 2. The lowest BCUT2D eigenvalue weighted by Gasteiger charge is -2.25. The molecule has 0 aliphatic heterocycles. The molecule has 1 unspecified atom stereocenters. The highest BCUT2D eigenvalue weighted by atomic mass is 32.1. The van der Waals surface area contributed by atoms with Crippen molar-refractivity contribution in [3.63, 3.8) is 0 Å². The molecular weight excluding hydrogens is 478 g/mol. The molecule has 0 radical (unpaired) electrons. The van der Waals surface area contributed by atoms with Gasteiger partial charge in [-0.1, -0.05) is 33.8 Å². The molecule has 0 saturated carbocycles. The van der Waals surface area contributed by atoms with E-state index < -0.39 is 6.10 Å². The number of hydrogen-bond donors (Lipinski definition) is 2. The van der Waals surface area contributed by atoms with E-state index in [4.69, 9.17) is 19.2 Å². The van der Waals surface area contributed by atoms with Crippen LogP contribution in [0.1, 0.15) is 39.9 Å². The molecule has 1 atom stereocenters. The van der Waals surface area contributed by atoms with Gasteiger partial charge in [-0.3, -0.25) is 9.69 Å². The van der Waals surface area contributed by atoms with Gasteiger partial charge in [0.1, 0.15) is 10.7 Å². The van der Waals surface area contributed by atoms with Crippen LogP contribution in [0, 0.1) is 11.8 Å². The van der Waals surface area contributed by atoms with E-state index in [9.17, 15) is 9.90 Å². The minimum Gasteiger partial charge on any atom is -0.493 e. The van der Waals surface area contributed by atoms with Crippen molar-refractivity contribution in [3.8, 4) is 22.6 Å². The van der Waals surface area contributed by atoms with Gasteiger partial charge < -0.3 is 24.3 Å². The fourth-order valence-electron chi connectivity index (χ4n) is 3.96. The maximum absolute atomic E-state index is 13.2. The number of H-pyrrole nitrogens is 1. The highest BCUT2D eigenvalue weighted by molar-refractivity contribution is 7.17. The van der Waals surface area contributed by atoms with Crippen molar-refractivity contribution in [1.29, 1.82) is 0 Å². The number of nitrogens with one attached hydrogen (secondary N) is 1. The van der Waals surface area contributed by atoms with Crippen molar-refractivity contribution < 1.29 is 19.3 Å². The average Bonchev–Trinajstić information content (AvgIpc) is 3.26. The first-order valence-corrected chi connectivity index (χ1v) is 13.3. The molecule has 36 heavy (non-hydrogen) atoms. The van der Waals surface area contributed by atoms with E-state index in [1.54, 1.807) is 14.2 Å². The summed E-state index contributed by atoms with van der Waals surface area (Å²) in [6.07, 6.45) is 0.374. The summed E-state index contributed by atoms with van der Waals surface area (Å²) in [7, 11) is 3.18. The van der Waals surface area contributed by atoms with Crippen molar-refractivity contribution in [2.45, 2.75) is 46.8 Å². The van der Waals surface area contributed by atoms with Crippen LogP contribution in [0.3, 0.4) is 0 Å². The van der Waals surface area contributed by atoms with Gasteiger partial charge in [0.2, 0.25) is 0 Å². The van der Waals surface area contributed by atoms with Crippen LogP contribution in [0.15, 0.2) is 28.4 Å². The van der Waals surface area contributed by atoms with Gasteiger partial charge in [-0.25, -0.2) is 4.98 Å². The Labute approximate surface area is 217 Å². The summed E-state index contributed by atoms with van der Waals surface area (Å²) >= 11 is 1.44. The molecule has 2 aromatic heterocycles. The normalized spacial score (nSPS) is 12.7. The lowest BCUT2D eigenvalue weighted by atomic mass is 10.1. The monoisotopic (exact) mass is 517 g/mol. The summed E-state index contributed by atoms with van der Waals surface area (Å²) in [6, 6.07) is 5.60. The quantitative estimate of drug-likeness (QED) is 0.324. The van der Waals surface area contributed by atoms with Crippen LogP contribution >= 0.6 is 11.3 Å². The van der Waals surface area contributed by atoms with Gasteiger partial charge in [-0.2, -0.15) is 0 Å². The fraction of sp³-hybridized carbons (Fsp3) is 0.556. The number of benzene rings is 1. The lowest BCUT2D eigenvalue weighted by Crippen LogP contribution is -2.36. The van der Waals surface area contributed by atoms with Crippen LogP contribution < -0.4 is 15.0 Å². The van der Waals surface area contributed by atoms with Gasteiger partial charge in [-0.05, 0) is 42.5 Å². The van der Waals surface area contributed by atoms with E-state index in [0.29, 0.717) is 65.7 Å². The lowest BCUT2D eigenvalue weighted by molar-refractivity contribution is 0.00592. The number of aromatic nitrogens is 2. The molecule has 2 heterocycles. The van der Waals surface area contributed by atoms with Crippen LogP contribution in [0.2, 0.25) is 0 Å². The number of nitrogens with zero attached hydrogens (tertiary/aromatic N) is 2. The zero-order chi connectivity index (χ0) is 26.2. The number of fused-ring (bicyclic) bond motifs is 1. The zero-order valence-corrected chi connectivity index (χ0v) is 23.0. The van der Waals surface area contributed by atoms with Gasteiger partial charge in [0.25, 0.3) is 5.56 Å². The Balaban J connectivity index is 1.82. The second-order valence-electron chi connectivity index (χ2n) is 9.91. The second-order valence-corrected chi connectivity index (χ2v) is 10.8. The highest BCUT2D eigenvalue weighted by Gasteiger charge is 2.18. The topological polar surface area (TPSA) is 96.9 Å². The highest BCUT2D eigenvalue weighted by Crippen LogP contribution is 2.36. The molecule has 3 aromatic rings. The number of hydrogen-bond acceptors (Lipinski definition) is 8. The van der Waals surface area contributed by atoms with Gasteiger partial charge in [-0.15, -0.1) is 11.3 Å². The van der Waals surface area contributed by atoms with E-state index in [1.165, 1.54) is 11.3 Å². The Morgan fingerprint density at radius 1 is 1.08 bits per heavy atom. The summed E-state index contributed by atoms with van der Waals surface area (Å²) in [5.41, 5.74) is 1.50. The van der Waals surface area contributed by atoms with Crippen molar-refractivity contribution in [1.82, 2.24) is 14.9 Å². The summed E-state index contributed by atoms with van der Waals surface area (Å²) in [4.78, 5) is 23.7. The Kier molecular flexibility index (Phi) is 10.3. The van der Waals surface area contributed by atoms with E-state index in [1.807, 2.05) is 23.6 Å². The van der Waals surface area contributed by atoms with Crippen molar-refractivity contribution >= 4 is 21.6 Å². The molecule has 8 nitrogen and oxygen atoms in total. The van der Waals surface area contributed by atoms with Gasteiger partial charge in [0, 0.05) is 24.1 Å². The molecule has 0 aliphatic rings. The van der Waals surface area contributed by atoms with Crippen LogP contribution in [-0.4, -0.2) is 66.6 Å². The fourth-order valence-corrected chi connectivity index (χ4v) is 4.93. The summed E-state index contributed by atoms with van der Waals surface area (Å²) in [5.74, 6) is 2.77. The predicted molar refractivity (Wildman–Crippen MR) is 145 cm³/mol. The molecule has 0 aliphatic carbocycles. The largest absolute Gasteiger partial charge is 0.493 e. The SMILES string of the molecule is COc1ccc(-c2csc3nc(CN(CCC(C)C)CC(O)COCC(C)C)[nH]c(=O)c23)cc1OC. The van der Waals surface area contributed by atoms with Gasteiger partial charge >= 0.3 is 0 Å².